The SMILES string of the molecule is CCNCc1cc(CN2CCN(CC)C(C)C2)c(C)s1. The van der Waals surface area contributed by atoms with Crippen LogP contribution in [-0.2, 0) is 13.1 Å². The molecule has 0 bridgehead atoms. The molecule has 1 N–H and O–H groups in total. The van der Waals surface area contributed by atoms with E-state index >= 15 is 0 Å². The molecule has 0 aliphatic carbocycles. The van der Waals surface area contributed by atoms with Crippen molar-refractivity contribution in [2.24, 2.45) is 0 Å². The molecule has 114 valence electrons. The van der Waals surface area contributed by atoms with Crippen LogP contribution in [0.25, 0.3) is 0 Å². The predicted molar refractivity (Wildman–Crippen MR) is 88.4 cm³/mol. The molecule has 0 spiro atoms. The van der Waals surface area contributed by atoms with Gasteiger partial charge in [0.2, 0.25) is 0 Å². The predicted octanol–water partition coefficient (Wildman–Crippen LogP) is 2.69. The number of aryl methyl sites for hydroxylation is 1. The van der Waals surface area contributed by atoms with E-state index in [0.29, 0.717) is 6.04 Å². The van der Waals surface area contributed by atoms with Gasteiger partial charge >= 0.3 is 0 Å². The third kappa shape index (κ3) is 4.04. The van der Waals surface area contributed by atoms with E-state index in [1.807, 2.05) is 11.3 Å². The molecule has 20 heavy (non-hydrogen) atoms. The lowest BCUT2D eigenvalue weighted by molar-refractivity contribution is 0.0834. The number of hydrogen-bond donors (Lipinski definition) is 1. The summed E-state index contributed by atoms with van der Waals surface area (Å²) in [6, 6.07) is 3.09. The molecular formula is C16H29N3S. The normalized spacial score (nSPS) is 21.5. The van der Waals surface area contributed by atoms with Crippen LogP contribution in [0.4, 0.5) is 0 Å². The summed E-state index contributed by atoms with van der Waals surface area (Å²) in [6.07, 6.45) is 0. The Bertz CT molecular complexity index is 416. The number of nitrogens with zero attached hydrogens (tertiary/aromatic N) is 2. The molecule has 1 aliphatic heterocycles. The Labute approximate surface area is 128 Å². The smallest absolute Gasteiger partial charge is 0.0299 e. The lowest BCUT2D eigenvalue weighted by atomic mass is 10.1. The first kappa shape index (κ1) is 16.0. The Morgan fingerprint density at radius 3 is 2.80 bits per heavy atom. The molecule has 1 atom stereocenters. The van der Waals surface area contributed by atoms with Gasteiger partial charge in [0.1, 0.15) is 0 Å². The maximum absolute atomic E-state index is 3.42. The van der Waals surface area contributed by atoms with Gasteiger partial charge < -0.3 is 5.32 Å². The molecule has 0 radical (unpaired) electrons. The monoisotopic (exact) mass is 295 g/mol. The standard InChI is InChI=1S/C16H29N3S/c1-5-17-10-16-9-15(14(4)20-16)12-18-7-8-19(6-2)13(3)11-18/h9,13,17H,5-8,10-12H2,1-4H3. The molecule has 1 fully saturated rings. The number of rotatable bonds is 6. The van der Waals surface area contributed by atoms with E-state index in [-0.39, 0.29) is 0 Å². The van der Waals surface area contributed by atoms with Gasteiger partial charge in [0.05, 0.1) is 0 Å². The van der Waals surface area contributed by atoms with Crippen LogP contribution in [0, 0.1) is 6.92 Å². The second kappa shape index (κ2) is 7.55. The van der Waals surface area contributed by atoms with E-state index in [2.05, 4.69) is 48.9 Å². The second-order valence-electron chi connectivity index (χ2n) is 5.79. The number of nitrogens with one attached hydrogen (secondary N) is 1. The first-order valence-electron chi connectivity index (χ1n) is 7.89. The molecule has 1 aromatic rings. The highest BCUT2D eigenvalue weighted by Gasteiger charge is 2.22. The molecule has 1 aliphatic rings. The fourth-order valence-electron chi connectivity index (χ4n) is 3.00. The van der Waals surface area contributed by atoms with Gasteiger partial charge in [-0.15, -0.1) is 11.3 Å². The molecule has 0 saturated carbocycles. The van der Waals surface area contributed by atoms with Crippen LogP contribution in [0.15, 0.2) is 6.07 Å². The van der Waals surface area contributed by atoms with Crippen molar-refractivity contribution < 1.29 is 0 Å². The molecule has 3 nitrogen and oxygen atoms in total. The van der Waals surface area contributed by atoms with E-state index in [9.17, 15) is 0 Å². The van der Waals surface area contributed by atoms with E-state index in [1.165, 1.54) is 41.5 Å². The van der Waals surface area contributed by atoms with Crippen molar-refractivity contribution in [1.82, 2.24) is 15.1 Å². The molecule has 0 amide bonds. The highest BCUT2D eigenvalue weighted by atomic mass is 32.1. The molecule has 0 aromatic carbocycles. The average Bonchev–Trinajstić information content (AvgIpc) is 2.77. The van der Waals surface area contributed by atoms with Gasteiger partial charge in [-0.1, -0.05) is 13.8 Å². The number of thiophene rings is 1. The third-order valence-electron chi connectivity index (χ3n) is 4.27. The fraction of sp³-hybridized carbons (Fsp3) is 0.750. The summed E-state index contributed by atoms with van der Waals surface area (Å²) < 4.78 is 0. The van der Waals surface area contributed by atoms with Gasteiger partial charge in [-0.3, -0.25) is 9.80 Å². The van der Waals surface area contributed by atoms with Crippen molar-refractivity contribution >= 4 is 11.3 Å². The van der Waals surface area contributed by atoms with Crippen LogP contribution in [-0.4, -0.2) is 48.6 Å². The quantitative estimate of drug-likeness (QED) is 0.870. The lowest BCUT2D eigenvalue weighted by Crippen LogP contribution is -2.51. The summed E-state index contributed by atoms with van der Waals surface area (Å²) in [5, 5.41) is 3.42. The Kier molecular flexibility index (Phi) is 6.02. The van der Waals surface area contributed by atoms with Crippen LogP contribution < -0.4 is 5.32 Å². The van der Waals surface area contributed by atoms with E-state index in [0.717, 1.165) is 19.6 Å². The summed E-state index contributed by atoms with van der Waals surface area (Å²) in [7, 11) is 0. The first-order valence-corrected chi connectivity index (χ1v) is 8.71. The first-order chi connectivity index (χ1) is 9.63. The number of piperazine rings is 1. The molecule has 2 heterocycles. The van der Waals surface area contributed by atoms with Crippen molar-refractivity contribution in [2.75, 3.05) is 32.7 Å². The van der Waals surface area contributed by atoms with Crippen molar-refractivity contribution in [3.8, 4) is 0 Å². The highest BCUT2D eigenvalue weighted by molar-refractivity contribution is 7.12. The summed E-state index contributed by atoms with van der Waals surface area (Å²) in [6.45, 7) is 17.0. The van der Waals surface area contributed by atoms with Gasteiger partial charge in [-0.2, -0.15) is 0 Å². The molecule has 4 heteroatoms. The Morgan fingerprint density at radius 2 is 2.15 bits per heavy atom. The van der Waals surface area contributed by atoms with Gasteiger partial charge in [0, 0.05) is 48.5 Å². The highest BCUT2D eigenvalue weighted by Crippen LogP contribution is 2.24. The van der Waals surface area contributed by atoms with Gasteiger partial charge in [0.25, 0.3) is 0 Å². The maximum atomic E-state index is 3.42. The molecule has 1 saturated heterocycles. The van der Waals surface area contributed by atoms with Crippen LogP contribution in [0.2, 0.25) is 0 Å². The zero-order chi connectivity index (χ0) is 14.5. The fourth-order valence-corrected chi connectivity index (χ4v) is 4.03. The third-order valence-corrected chi connectivity index (χ3v) is 5.36. The van der Waals surface area contributed by atoms with E-state index < -0.39 is 0 Å². The van der Waals surface area contributed by atoms with Crippen LogP contribution in [0.1, 0.15) is 36.1 Å². The second-order valence-corrected chi connectivity index (χ2v) is 7.13. The number of likely N-dealkylation sites (N-methyl/N-ethyl adjacent to an activating group) is 1. The van der Waals surface area contributed by atoms with Crippen LogP contribution in [0.3, 0.4) is 0 Å². The zero-order valence-electron chi connectivity index (χ0n) is 13.4. The minimum atomic E-state index is 0.689. The van der Waals surface area contributed by atoms with Crippen LogP contribution >= 0.6 is 11.3 Å². The minimum Gasteiger partial charge on any atom is -0.312 e. The van der Waals surface area contributed by atoms with Gasteiger partial charge in [-0.05, 0) is 38.6 Å². The van der Waals surface area contributed by atoms with E-state index in [1.54, 1.807) is 0 Å². The average molecular weight is 295 g/mol. The topological polar surface area (TPSA) is 18.5 Å². The van der Waals surface area contributed by atoms with Gasteiger partial charge in [-0.25, -0.2) is 0 Å². The molecular weight excluding hydrogens is 266 g/mol. The van der Waals surface area contributed by atoms with E-state index in [4.69, 9.17) is 0 Å². The molecule has 2 rings (SSSR count). The largest absolute Gasteiger partial charge is 0.312 e. The van der Waals surface area contributed by atoms with Crippen molar-refractivity contribution in [1.29, 1.82) is 0 Å². The summed E-state index contributed by atoms with van der Waals surface area (Å²) in [4.78, 5) is 8.15. The Morgan fingerprint density at radius 1 is 1.35 bits per heavy atom. The summed E-state index contributed by atoms with van der Waals surface area (Å²) >= 11 is 1.95. The summed E-state index contributed by atoms with van der Waals surface area (Å²) in [5.74, 6) is 0. The van der Waals surface area contributed by atoms with Crippen molar-refractivity contribution in [2.45, 2.75) is 46.8 Å². The maximum Gasteiger partial charge on any atom is 0.0299 e. The lowest BCUT2D eigenvalue weighted by Gasteiger charge is -2.39. The summed E-state index contributed by atoms with van der Waals surface area (Å²) in [5.41, 5.74) is 1.53. The number of hydrogen-bond acceptors (Lipinski definition) is 4. The van der Waals surface area contributed by atoms with Crippen molar-refractivity contribution in [3.63, 3.8) is 0 Å². The van der Waals surface area contributed by atoms with Crippen molar-refractivity contribution in [3.05, 3.63) is 21.4 Å². The minimum absolute atomic E-state index is 0.689. The molecule has 1 unspecified atom stereocenters. The van der Waals surface area contributed by atoms with Crippen LogP contribution in [0.5, 0.6) is 0 Å². The Balaban J connectivity index is 1.91. The van der Waals surface area contributed by atoms with Gasteiger partial charge in [0.15, 0.2) is 0 Å². The zero-order valence-corrected chi connectivity index (χ0v) is 14.2. The Hall–Kier alpha value is -0.420. The molecule has 1 aromatic heterocycles.